The minimum Gasteiger partial charge on any atom is -0.325 e. The van der Waals surface area contributed by atoms with Crippen LogP contribution in [0.15, 0.2) is 53.5 Å². The molecule has 1 heterocycles. The Morgan fingerprint density at radius 2 is 1.92 bits per heavy atom. The molecule has 0 aliphatic carbocycles. The maximum Gasteiger partial charge on any atom is 0.238 e. The number of anilines is 1. The lowest BCUT2D eigenvalue weighted by atomic mass is 10.1. The molecular formula is C19H19N3O2S. The number of carbonyl (C=O) groups excluding carboxylic acids is 2. The van der Waals surface area contributed by atoms with Crippen molar-refractivity contribution in [2.45, 2.75) is 25.5 Å². The van der Waals surface area contributed by atoms with Gasteiger partial charge < -0.3 is 10.6 Å². The zero-order valence-electron chi connectivity index (χ0n) is 14.1. The SMILES string of the molecule is Cc1ccc(N=C2NC(=O)C[C@H](C(=O)Nc3ccccc3)S2)cc1C. The number of thioether (sulfide) groups is 1. The van der Waals surface area contributed by atoms with Crippen LogP contribution in [0.1, 0.15) is 17.5 Å². The minimum absolute atomic E-state index is 0.134. The van der Waals surface area contributed by atoms with Crippen LogP contribution >= 0.6 is 11.8 Å². The van der Waals surface area contributed by atoms with Crippen LogP contribution < -0.4 is 10.6 Å². The van der Waals surface area contributed by atoms with Gasteiger partial charge in [0, 0.05) is 12.1 Å². The summed E-state index contributed by atoms with van der Waals surface area (Å²) in [5, 5.41) is 5.53. The summed E-state index contributed by atoms with van der Waals surface area (Å²) in [4.78, 5) is 28.9. The van der Waals surface area contributed by atoms with E-state index in [1.54, 1.807) is 0 Å². The van der Waals surface area contributed by atoms with Crippen LogP contribution in [-0.2, 0) is 9.59 Å². The monoisotopic (exact) mass is 353 g/mol. The highest BCUT2D eigenvalue weighted by Gasteiger charge is 2.30. The Hall–Kier alpha value is -2.60. The van der Waals surface area contributed by atoms with Gasteiger partial charge in [-0.3, -0.25) is 9.59 Å². The van der Waals surface area contributed by atoms with Crippen molar-refractivity contribution in [1.82, 2.24) is 5.32 Å². The van der Waals surface area contributed by atoms with Crippen molar-refractivity contribution in [2.75, 3.05) is 5.32 Å². The van der Waals surface area contributed by atoms with Gasteiger partial charge in [-0.25, -0.2) is 4.99 Å². The number of nitrogens with zero attached hydrogens (tertiary/aromatic N) is 1. The third kappa shape index (κ3) is 4.48. The van der Waals surface area contributed by atoms with Crippen LogP contribution in [0.5, 0.6) is 0 Å². The summed E-state index contributed by atoms with van der Waals surface area (Å²) in [5.74, 6) is -0.395. The van der Waals surface area contributed by atoms with Gasteiger partial charge in [0.15, 0.2) is 5.17 Å². The zero-order valence-corrected chi connectivity index (χ0v) is 14.9. The number of aliphatic imine (C=N–C) groups is 1. The number of amidine groups is 1. The molecule has 0 bridgehead atoms. The van der Waals surface area contributed by atoms with Crippen molar-refractivity contribution < 1.29 is 9.59 Å². The number of hydrogen-bond donors (Lipinski definition) is 2. The zero-order chi connectivity index (χ0) is 17.8. The van der Waals surface area contributed by atoms with E-state index in [1.807, 2.05) is 62.4 Å². The summed E-state index contributed by atoms with van der Waals surface area (Å²) >= 11 is 1.27. The molecule has 2 aromatic carbocycles. The molecule has 0 unspecified atom stereocenters. The molecule has 2 N–H and O–H groups in total. The van der Waals surface area contributed by atoms with Crippen LogP contribution in [0, 0.1) is 13.8 Å². The molecule has 0 radical (unpaired) electrons. The van der Waals surface area contributed by atoms with Gasteiger partial charge in [0.1, 0.15) is 5.25 Å². The Balaban J connectivity index is 1.74. The van der Waals surface area contributed by atoms with Crippen LogP contribution in [-0.4, -0.2) is 22.2 Å². The molecule has 128 valence electrons. The Morgan fingerprint density at radius 3 is 2.64 bits per heavy atom. The van der Waals surface area contributed by atoms with Gasteiger partial charge in [0.25, 0.3) is 0 Å². The first kappa shape index (κ1) is 17.2. The predicted molar refractivity (Wildman–Crippen MR) is 102 cm³/mol. The molecule has 1 atom stereocenters. The summed E-state index contributed by atoms with van der Waals surface area (Å²) in [7, 11) is 0. The quantitative estimate of drug-likeness (QED) is 0.886. The molecule has 0 spiro atoms. The molecule has 1 saturated heterocycles. The lowest BCUT2D eigenvalue weighted by molar-refractivity contribution is -0.123. The Morgan fingerprint density at radius 1 is 1.16 bits per heavy atom. The fourth-order valence-corrected chi connectivity index (χ4v) is 3.40. The molecule has 25 heavy (non-hydrogen) atoms. The Bertz CT molecular complexity index is 834. The van der Waals surface area contributed by atoms with E-state index in [4.69, 9.17) is 0 Å². The fourth-order valence-electron chi connectivity index (χ4n) is 2.40. The topological polar surface area (TPSA) is 70.6 Å². The van der Waals surface area contributed by atoms with Gasteiger partial charge in [0.05, 0.1) is 5.69 Å². The number of para-hydroxylation sites is 1. The Labute approximate surface area is 150 Å². The van der Waals surface area contributed by atoms with E-state index in [9.17, 15) is 9.59 Å². The number of hydrogen-bond acceptors (Lipinski definition) is 4. The first-order valence-electron chi connectivity index (χ1n) is 7.99. The first-order chi connectivity index (χ1) is 12.0. The van der Waals surface area contributed by atoms with E-state index in [-0.39, 0.29) is 18.2 Å². The average molecular weight is 353 g/mol. The maximum atomic E-state index is 12.4. The molecule has 0 aromatic heterocycles. The van der Waals surface area contributed by atoms with Crippen molar-refractivity contribution in [3.05, 3.63) is 59.7 Å². The molecule has 2 amide bonds. The van der Waals surface area contributed by atoms with Gasteiger partial charge in [0.2, 0.25) is 11.8 Å². The first-order valence-corrected chi connectivity index (χ1v) is 8.87. The molecule has 0 saturated carbocycles. The lowest BCUT2D eigenvalue weighted by Gasteiger charge is -2.22. The second-order valence-electron chi connectivity index (χ2n) is 5.90. The van der Waals surface area contributed by atoms with E-state index in [1.165, 1.54) is 17.3 Å². The molecule has 5 nitrogen and oxygen atoms in total. The second-order valence-corrected chi connectivity index (χ2v) is 7.09. The van der Waals surface area contributed by atoms with E-state index < -0.39 is 5.25 Å². The lowest BCUT2D eigenvalue weighted by Crippen LogP contribution is -2.41. The van der Waals surface area contributed by atoms with Crippen molar-refractivity contribution >= 4 is 40.1 Å². The highest BCUT2D eigenvalue weighted by atomic mass is 32.2. The smallest absolute Gasteiger partial charge is 0.238 e. The number of rotatable bonds is 3. The van der Waals surface area contributed by atoms with Crippen LogP contribution in [0.2, 0.25) is 0 Å². The van der Waals surface area contributed by atoms with Crippen LogP contribution in [0.25, 0.3) is 0 Å². The predicted octanol–water partition coefficient (Wildman–Crippen LogP) is 3.55. The molecule has 2 aromatic rings. The average Bonchev–Trinajstić information content (AvgIpc) is 2.58. The van der Waals surface area contributed by atoms with E-state index in [2.05, 4.69) is 15.6 Å². The largest absolute Gasteiger partial charge is 0.325 e. The van der Waals surface area contributed by atoms with Crippen molar-refractivity contribution in [2.24, 2.45) is 4.99 Å². The third-order valence-corrected chi connectivity index (χ3v) is 5.01. The van der Waals surface area contributed by atoms with Crippen molar-refractivity contribution in [1.29, 1.82) is 0 Å². The van der Waals surface area contributed by atoms with E-state index >= 15 is 0 Å². The van der Waals surface area contributed by atoms with Crippen molar-refractivity contribution in [3.8, 4) is 0 Å². The third-order valence-electron chi connectivity index (χ3n) is 3.93. The summed E-state index contributed by atoms with van der Waals surface area (Å²) in [6.45, 7) is 4.05. The number of aryl methyl sites for hydroxylation is 2. The highest BCUT2D eigenvalue weighted by Crippen LogP contribution is 2.25. The number of carbonyl (C=O) groups is 2. The Kier molecular flexibility index (Phi) is 5.19. The summed E-state index contributed by atoms with van der Waals surface area (Å²) in [6.07, 6.45) is 0.134. The fraction of sp³-hybridized carbons (Fsp3) is 0.211. The maximum absolute atomic E-state index is 12.4. The number of benzene rings is 2. The number of nitrogens with one attached hydrogen (secondary N) is 2. The summed E-state index contributed by atoms with van der Waals surface area (Å²) in [6, 6.07) is 15.1. The molecule has 1 aliphatic heterocycles. The van der Waals surface area contributed by atoms with E-state index in [0.717, 1.165) is 11.3 Å². The van der Waals surface area contributed by atoms with Gasteiger partial charge in [-0.1, -0.05) is 36.0 Å². The normalized spacial score (nSPS) is 18.7. The van der Waals surface area contributed by atoms with Crippen LogP contribution in [0.4, 0.5) is 11.4 Å². The van der Waals surface area contributed by atoms with Gasteiger partial charge in [-0.2, -0.15) is 0 Å². The molecule has 3 rings (SSSR count). The highest BCUT2D eigenvalue weighted by molar-refractivity contribution is 8.15. The molecule has 1 fully saturated rings. The van der Waals surface area contributed by atoms with Crippen molar-refractivity contribution in [3.63, 3.8) is 0 Å². The summed E-state index contributed by atoms with van der Waals surface area (Å²) in [5.41, 5.74) is 3.79. The van der Waals surface area contributed by atoms with Crippen LogP contribution in [0.3, 0.4) is 0 Å². The molecule has 6 heteroatoms. The molecular weight excluding hydrogens is 334 g/mol. The number of amides is 2. The van der Waals surface area contributed by atoms with Gasteiger partial charge in [-0.15, -0.1) is 0 Å². The minimum atomic E-state index is -0.501. The van der Waals surface area contributed by atoms with Gasteiger partial charge in [-0.05, 0) is 49.2 Å². The summed E-state index contributed by atoms with van der Waals surface area (Å²) < 4.78 is 0. The second kappa shape index (κ2) is 7.53. The molecule has 1 aliphatic rings. The standard InChI is InChI=1S/C19H19N3O2S/c1-12-8-9-15(10-13(12)2)21-19-22-17(23)11-16(25-19)18(24)20-14-6-4-3-5-7-14/h3-10,16H,11H2,1-2H3,(H,20,24)(H,21,22,23)/t16-/m1/s1. The van der Waals surface area contributed by atoms with E-state index in [0.29, 0.717) is 10.9 Å². The van der Waals surface area contributed by atoms with Gasteiger partial charge >= 0.3 is 0 Å².